The molecule has 0 saturated carbocycles. The van der Waals surface area contributed by atoms with Crippen LogP contribution in [0, 0.1) is 6.92 Å². The maximum Gasteiger partial charge on any atom is 0.273 e. The van der Waals surface area contributed by atoms with E-state index in [-0.39, 0.29) is 11.8 Å². The van der Waals surface area contributed by atoms with Gasteiger partial charge in [-0.2, -0.15) is 0 Å². The average molecular weight is 542 g/mol. The van der Waals surface area contributed by atoms with Crippen molar-refractivity contribution in [3.8, 4) is 0 Å². The first kappa shape index (κ1) is 26.7. The van der Waals surface area contributed by atoms with Crippen molar-refractivity contribution in [2.24, 2.45) is 0 Å². The van der Waals surface area contributed by atoms with Crippen LogP contribution in [0.4, 0.5) is 5.69 Å². The number of hydrogen-bond donors (Lipinski definition) is 0. The lowest BCUT2D eigenvalue weighted by Gasteiger charge is -2.36. The predicted octanol–water partition coefficient (Wildman–Crippen LogP) is 5.32. The predicted molar refractivity (Wildman–Crippen MR) is 156 cm³/mol. The second kappa shape index (κ2) is 12.3. The summed E-state index contributed by atoms with van der Waals surface area (Å²) in [6, 6.07) is 21.9. The molecule has 1 aliphatic heterocycles. The van der Waals surface area contributed by atoms with Crippen molar-refractivity contribution >= 4 is 28.8 Å². The maximum absolute atomic E-state index is 13.2. The third-order valence-electron chi connectivity index (χ3n) is 7.18. The molecule has 4 aromatic rings. The minimum atomic E-state index is -0.00255. The summed E-state index contributed by atoms with van der Waals surface area (Å²) in [4.78, 5) is 37.2. The molecule has 3 heterocycles. The van der Waals surface area contributed by atoms with E-state index in [4.69, 9.17) is 4.98 Å². The summed E-state index contributed by atoms with van der Waals surface area (Å²) in [6.45, 7) is 8.99. The zero-order valence-corrected chi connectivity index (χ0v) is 23.4. The Bertz CT molecular complexity index is 1410. The number of hydrogen-bond acceptors (Lipinski definition) is 5. The highest BCUT2D eigenvalue weighted by Crippen LogP contribution is 2.22. The van der Waals surface area contributed by atoms with E-state index in [0.29, 0.717) is 44.0 Å². The topological polar surface area (TPSA) is 61.7 Å². The largest absolute Gasteiger partial charge is 0.368 e. The van der Waals surface area contributed by atoms with Gasteiger partial charge in [0.15, 0.2) is 0 Å². The minimum absolute atomic E-state index is 0.00255. The molecule has 8 heteroatoms. The van der Waals surface area contributed by atoms with Gasteiger partial charge in [0, 0.05) is 61.2 Å². The van der Waals surface area contributed by atoms with Crippen molar-refractivity contribution in [2.75, 3.05) is 37.6 Å². The van der Waals surface area contributed by atoms with Crippen LogP contribution < -0.4 is 4.90 Å². The van der Waals surface area contributed by atoms with Crippen LogP contribution in [0.5, 0.6) is 0 Å². The number of anilines is 1. The van der Waals surface area contributed by atoms with Gasteiger partial charge < -0.3 is 19.3 Å². The maximum atomic E-state index is 13.2. The lowest BCUT2D eigenvalue weighted by molar-refractivity contribution is 0.0732. The van der Waals surface area contributed by atoms with E-state index in [1.165, 1.54) is 22.6 Å². The van der Waals surface area contributed by atoms with Crippen LogP contribution in [-0.2, 0) is 13.1 Å². The Labute approximate surface area is 234 Å². The van der Waals surface area contributed by atoms with Crippen LogP contribution >= 0.6 is 11.3 Å². The first-order chi connectivity index (χ1) is 19.0. The molecule has 1 fully saturated rings. The molecule has 0 atom stereocenters. The standard InChI is InChI=1S/C31H35N5O2S/c1-3-15-36(30(37)25-11-5-4-6-12-25)21-26-13-9-16-35(26)22-29-32-27(23-39-29)31(38)34-19-17-33(18-20-34)28-14-8-7-10-24(28)2/h4-14,16,23H,3,15,17-22H2,1-2H3. The van der Waals surface area contributed by atoms with Gasteiger partial charge in [0.25, 0.3) is 11.8 Å². The molecule has 5 rings (SSSR count). The summed E-state index contributed by atoms with van der Waals surface area (Å²) in [6.07, 6.45) is 2.90. The second-order valence-electron chi connectivity index (χ2n) is 9.91. The Kier molecular flexibility index (Phi) is 8.42. The molecule has 0 aliphatic carbocycles. The van der Waals surface area contributed by atoms with E-state index in [0.717, 1.165) is 30.2 Å². The summed E-state index contributed by atoms with van der Waals surface area (Å²) in [5.74, 6) is 0.0343. The highest BCUT2D eigenvalue weighted by Gasteiger charge is 2.25. The first-order valence-corrected chi connectivity index (χ1v) is 14.4. The van der Waals surface area contributed by atoms with Crippen molar-refractivity contribution in [1.82, 2.24) is 19.4 Å². The number of amides is 2. The number of piperazine rings is 1. The molecule has 0 radical (unpaired) electrons. The van der Waals surface area contributed by atoms with Crippen molar-refractivity contribution in [1.29, 1.82) is 0 Å². The number of nitrogens with zero attached hydrogens (tertiary/aromatic N) is 5. The minimum Gasteiger partial charge on any atom is -0.368 e. The Hall–Kier alpha value is -3.91. The van der Waals surface area contributed by atoms with E-state index >= 15 is 0 Å². The highest BCUT2D eigenvalue weighted by molar-refractivity contribution is 7.09. The summed E-state index contributed by atoms with van der Waals surface area (Å²) in [5, 5.41) is 2.75. The Morgan fingerprint density at radius 2 is 1.69 bits per heavy atom. The van der Waals surface area contributed by atoms with Crippen LogP contribution in [0.1, 0.15) is 50.5 Å². The van der Waals surface area contributed by atoms with Crippen molar-refractivity contribution in [2.45, 2.75) is 33.4 Å². The number of para-hydroxylation sites is 1. The molecule has 2 aromatic heterocycles. The zero-order valence-electron chi connectivity index (χ0n) is 22.6. The quantitative estimate of drug-likeness (QED) is 0.288. The van der Waals surface area contributed by atoms with E-state index in [1.54, 1.807) is 0 Å². The number of benzene rings is 2. The van der Waals surface area contributed by atoms with E-state index < -0.39 is 0 Å². The van der Waals surface area contributed by atoms with Crippen LogP contribution in [0.25, 0.3) is 0 Å². The number of thiazole rings is 1. The van der Waals surface area contributed by atoms with Gasteiger partial charge in [0.2, 0.25) is 0 Å². The molecule has 0 N–H and O–H groups in total. The first-order valence-electron chi connectivity index (χ1n) is 13.6. The fourth-order valence-corrected chi connectivity index (χ4v) is 5.85. The normalized spacial score (nSPS) is 13.5. The van der Waals surface area contributed by atoms with Gasteiger partial charge in [0.05, 0.1) is 13.1 Å². The third-order valence-corrected chi connectivity index (χ3v) is 8.01. The number of aryl methyl sites for hydroxylation is 1. The van der Waals surface area contributed by atoms with Crippen LogP contribution in [0.3, 0.4) is 0 Å². The van der Waals surface area contributed by atoms with Gasteiger partial charge in [-0.1, -0.05) is 43.3 Å². The molecule has 0 bridgehead atoms. The molecule has 1 saturated heterocycles. The zero-order chi connectivity index (χ0) is 27.2. The average Bonchev–Trinajstić information content (AvgIpc) is 3.62. The lowest BCUT2D eigenvalue weighted by Crippen LogP contribution is -2.49. The number of aromatic nitrogens is 2. The number of rotatable bonds is 9. The molecule has 2 amide bonds. The van der Waals surface area contributed by atoms with Gasteiger partial charge in [-0.25, -0.2) is 4.98 Å². The smallest absolute Gasteiger partial charge is 0.273 e. The summed E-state index contributed by atoms with van der Waals surface area (Å²) in [5.41, 5.74) is 4.76. The summed E-state index contributed by atoms with van der Waals surface area (Å²) < 4.78 is 2.12. The lowest BCUT2D eigenvalue weighted by atomic mass is 10.1. The highest BCUT2D eigenvalue weighted by atomic mass is 32.1. The van der Waals surface area contributed by atoms with Gasteiger partial charge in [-0.15, -0.1) is 11.3 Å². The monoisotopic (exact) mass is 541 g/mol. The van der Waals surface area contributed by atoms with Crippen LogP contribution in [0.2, 0.25) is 0 Å². The van der Waals surface area contributed by atoms with Crippen molar-refractivity contribution < 1.29 is 9.59 Å². The number of carbonyl (C=O) groups excluding carboxylic acids is 2. The Balaban J connectivity index is 1.21. The molecule has 202 valence electrons. The van der Waals surface area contributed by atoms with Crippen LogP contribution in [0.15, 0.2) is 78.3 Å². The van der Waals surface area contributed by atoms with Crippen LogP contribution in [-0.4, -0.2) is 63.9 Å². The van der Waals surface area contributed by atoms with E-state index in [2.05, 4.69) is 53.6 Å². The SMILES string of the molecule is CCCN(Cc1cccn1Cc1nc(C(=O)N2CCN(c3ccccc3C)CC2)cs1)C(=O)c1ccccc1. The molecule has 2 aromatic carbocycles. The fraction of sp³-hybridized carbons (Fsp3) is 0.323. The second-order valence-corrected chi connectivity index (χ2v) is 10.9. The van der Waals surface area contributed by atoms with Gasteiger partial charge in [0.1, 0.15) is 10.7 Å². The Morgan fingerprint density at radius 1 is 0.949 bits per heavy atom. The molecule has 0 unspecified atom stereocenters. The summed E-state index contributed by atoms with van der Waals surface area (Å²) in [7, 11) is 0. The van der Waals surface area contributed by atoms with Crippen molar-refractivity contribution in [3.05, 3.63) is 106 Å². The van der Waals surface area contributed by atoms with Gasteiger partial charge >= 0.3 is 0 Å². The van der Waals surface area contributed by atoms with Gasteiger partial charge in [-0.3, -0.25) is 9.59 Å². The Morgan fingerprint density at radius 3 is 2.44 bits per heavy atom. The molecular weight excluding hydrogens is 506 g/mol. The third kappa shape index (κ3) is 6.23. The van der Waals surface area contributed by atoms with Gasteiger partial charge in [-0.05, 0) is 49.2 Å². The van der Waals surface area contributed by atoms with E-state index in [9.17, 15) is 9.59 Å². The molecule has 0 spiro atoms. The molecule has 39 heavy (non-hydrogen) atoms. The molecular formula is C31H35N5O2S. The van der Waals surface area contributed by atoms with Crippen molar-refractivity contribution in [3.63, 3.8) is 0 Å². The summed E-state index contributed by atoms with van der Waals surface area (Å²) >= 11 is 1.51. The fourth-order valence-electron chi connectivity index (χ4n) is 5.09. The molecule has 1 aliphatic rings. The number of carbonyl (C=O) groups is 2. The van der Waals surface area contributed by atoms with E-state index in [1.807, 2.05) is 57.8 Å². The molecule has 7 nitrogen and oxygen atoms in total.